The third kappa shape index (κ3) is 5.04. The van der Waals surface area contributed by atoms with Crippen molar-refractivity contribution >= 4 is 18.1 Å². The zero-order valence-corrected chi connectivity index (χ0v) is 16.0. The van der Waals surface area contributed by atoms with Crippen molar-refractivity contribution in [3.63, 3.8) is 0 Å². The summed E-state index contributed by atoms with van der Waals surface area (Å²) in [5, 5.41) is 10.1. The molecule has 7 heteroatoms. The Bertz CT molecular complexity index is 933. The van der Waals surface area contributed by atoms with Gasteiger partial charge in [-0.25, -0.2) is 0 Å². The lowest BCUT2D eigenvalue weighted by molar-refractivity contribution is -0.121. The van der Waals surface area contributed by atoms with Crippen LogP contribution >= 0.6 is 12.2 Å². The third-order valence-corrected chi connectivity index (χ3v) is 4.56. The highest BCUT2D eigenvalue weighted by atomic mass is 32.1. The van der Waals surface area contributed by atoms with Gasteiger partial charge in [0.2, 0.25) is 5.91 Å². The van der Waals surface area contributed by atoms with Crippen molar-refractivity contribution in [3.8, 4) is 17.1 Å². The van der Waals surface area contributed by atoms with Gasteiger partial charge in [0.25, 0.3) is 0 Å². The normalized spacial score (nSPS) is 10.6. The first-order chi connectivity index (χ1) is 13.2. The molecule has 0 aliphatic rings. The van der Waals surface area contributed by atoms with E-state index in [1.165, 1.54) is 5.56 Å². The number of hydrogen-bond acceptors (Lipinski definition) is 4. The fourth-order valence-electron chi connectivity index (χ4n) is 2.78. The van der Waals surface area contributed by atoms with Crippen LogP contribution in [0.1, 0.15) is 12.0 Å². The van der Waals surface area contributed by atoms with Gasteiger partial charge in [-0.15, -0.1) is 0 Å². The van der Waals surface area contributed by atoms with Crippen molar-refractivity contribution in [2.45, 2.75) is 19.4 Å². The second-order valence-electron chi connectivity index (χ2n) is 6.07. The first-order valence-electron chi connectivity index (χ1n) is 8.77. The number of rotatable bonds is 8. The molecular formula is C20H22N4O2S. The smallest absolute Gasteiger partial charge is 0.221 e. The first kappa shape index (κ1) is 18.8. The van der Waals surface area contributed by atoms with Crippen molar-refractivity contribution in [2.24, 2.45) is 0 Å². The Morgan fingerprint density at radius 2 is 1.93 bits per heavy atom. The molecule has 3 rings (SSSR count). The van der Waals surface area contributed by atoms with Gasteiger partial charge >= 0.3 is 0 Å². The van der Waals surface area contributed by atoms with Crippen molar-refractivity contribution in [1.29, 1.82) is 0 Å². The van der Waals surface area contributed by atoms with Crippen LogP contribution in [0.5, 0.6) is 5.75 Å². The van der Waals surface area contributed by atoms with Gasteiger partial charge in [0.15, 0.2) is 10.6 Å². The van der Waals surface area contributed by atoms with Gasteiger partial charge in [-0.2, -0.15) is 5.10 Å². The fraction of sp³-hybridized carbons (Fsp3) is 0.250. The molecule has 0 saturated heterocycles. The average Bonchev–Trinajstić information content (AvgIpc) is 3.07. The second kappa shape index (κ2) is 9.14. The highest BCUT2D eigenvalue weighted by Gasteiger charge is 2.11. The molecule has 3 aromatic rings. The van der Waals surface area contributed by atoms with Crippen molar-refractivity contribution < 1.29 is 9.53 Å². The maximum absolute atomic E-state index is 12.2. The molecule has 6 nitrogen and oxygen atoms in total. The van der Waals surface area contributed by atoms with E-state index in [1.807, 2.05) is 47.0 Å². The SMILES string of the molecule is COc1ccc(-c2n[nH]c(=S)n2CCC(=O)NCCc2ccccc2)cc1. The van der Waals surface area contributed by atoms with Crippen LogP contribution in [-0.2, 0) is 17.8 Å². The molecular weight excluding hydrogens is 360 g/mol. The number of amides is 1. The number of aromatic nitrogens is 3. The zero-order valence-electron chi connectivity index (χ0n) is 15.1. The predicted molar refractivity (Wildman–Crippen MR) is 107 cm³/mol. The zero-order chi connectivity index (χ0) is 19.1. The number of benzene rings is 2. The Hall–Kier alpha value is -2.93. The van der Waals surface area contributed by atoms with Crippen LogP contribution in [0.15, 0.2) is 54.6 Å². The Kier molecular flexibility index (Phi) is 6.38. The van der Waals surface area contributed by atoms with Gasteiger partial charge in [-0.1, -0.05) is 30.3 Å². The summed E-state index contributed by atoms with van der Waals surface area (Å²) < 4.78 is 7.52. The van der Waals surface area contributed by atoms with E-state index in [0.717, 1.165) is 17.7 Å². The van der Waals surface area contributed by atoms with E-state index >= 15 is 0 Å². The highest BCUT2D eigenvalue weighted by Crippen LogP contribution is 2.21. The van der Waals surface area contributed by atoms with Crippen LogP contribution < -0.4 is 10.1 Å². The van der Waals surface area contributed by atoms with Gasteiger partial charge in [0.05, 0.1) is 7.11 Å². The van der Waals surface area contributed by atoms with Crippen LogP contribution in [-0.4, -0.2) is 34.3 Å². The largest absolute Gasteiger partial charge is 0.497 e. The van der Waals surface area contributed by atoms with E-state index in [0.29, 0.717) is 30.1 Å². The summed E-state index contributed by atoms with van der Waals surface area (Å²) in [4.78, 5) is 12.2. The van der Waals surface area contributed by atoms with Crippen LogP contribution in [0.3, 0.4) is 0 Å². The third-order valence-electron chi connectivity index (χ3n) is 4.25. The molecule has 0 atom stereocenters. The number of ether oxygens (including phenoxy) is 1. The molecule has 2 aromatic carbocycles. The van der Waals surface area contributed by atoms with Crippen LogP contribution in [0.4, 0.5) is 0 Å². The topological polar surface area (TPSA) is 71.9 Å². The second-order valence-corrected chi connectivity index (χ2v) is 6.45. The summed E-state index contributed by atoms with van der Waals surface area (Å²) in [5.41, 5.74) is 2.12. The van der Waals surface area contributed by atoms with Gasteiger partial charge in [-0.3, -0.25) is 14.5 Å². The molecule has 1 heterocycles. The van der Waals surface area contributed by atoms with E-state index in [1.54, 1.807) is 7.11 Å². The summed E-state index contributed by atoms with van der Waals surface area (Å²) in [5.74, 6) is 1.48. The van der Waals surface area contributed by atoms with E-state index in [4.69, 9.17) is 17.0 Å². The molecule has 0 unspecified atom stereocenters. The number of carbonyl (C=O) groups is 1. The molecule has 0 fully saturated rings. The lowest BCUT2D eigenvalue weighted by atomic mass is 10.1. The monoisotopic (exact) mass is 382 g/mol. The Morgan fingerprint density at radius 3 is 2.63 bits per heavy atom. The Labute approximate surface area is 163 Å². The number of H-pyrrole nitrogens is 1. The maximum atomic E-state index is 12.2. The number of carbonyl (C=O) groups excluding carboxylic acids is 1. The molecule has 27 heavy (non-hydrogen) atoms. The minimum absolute atomic E-state index is 0.00490. The summed E-state index contributed by atoms with van der Waals surface area (Å²) in [6, 6.07) is 17.7. The van der Waals surface area contributed by atoms with Crippen LogP contribution in [0.25, 0.3) is 11.4 Å². The van der Waals surface area contributed by atoms with Crippen molar-refractivity contribution in [1.82, 2.24) is 20.1 Å². The van der Waals surface area contributed by atoms with E-state index in [9.17, 15) is 4.79 Å². The summed E-state index contributed by atoms with van der Waals surface area (Å²) in [7, 11) is 1.63. The minimum atomic E-state index is -0.00490. The summed E-state index contributed by atoms with van der Waals surface area (Å²) >= 11 is 5.31. The molecule has 1 aromatic heterocycles. The van der Waals surface area contributed by atoms with Crippen molar-refractivity contribution in [2.75, 3.05) is 13.7 Å². The number of aromatic amines is 1. The van der Waals surface area contributed by atoms with Gasteiger partial charge in [0.1, 0.15) is 5.75 Å². The van der Waals surface area contributed by atoms with Gasteiger partial charge in [0, 0.05) is 25.1 Å². The average molecular weight is 382 g/mol. The number of hydrogen-bond donors (Lipinski definition) is 2. The quantitative estimate of drug-likeness (QED) is 0.586. The van der Waals surface area contributed by atoms with Gasteiger partial charge < -0.3 is 10.1 Å². The van der Waals surface area contributed by atoms with Crippen molar-refractivity contribution in [3.05, 3.63) is 64.9 Å². The van der Waals surface area contributed by atoms with Crippen LogP contribution in [0.2, 0.25) is 0 Å². The molecule has 140 valence electrons. The Morgan fingerprint density at radius 1 is 1.19 bits per heavy atom. The van der Waals surface area contributed by atoms with E-state index in [-0.39, 0.29) is 5.91 Å². The molecule has 0 aliphatic heterocycles. The van der Waals surface area contributed by atoms with E-state index in [2.05, 4.69) is 27.6 Å². The minimum Gasteiger partial charge on any atom is -0.497 e. The molecule has 0 bridgehead atoms. The molecule has 0 aliphatic carbocycles. The van der Waals surface area contributed by atoms with E-state index < -0.39 is 0 Å². The first-order valence-corrected chi connectivity index (χ1v) is 9.18. The lowest BCUT2D eigenvalue weighted by Gasteiger charge is -2.09. The fourth-order valence-corrected chi connectivity index (χ4v) is 3.00. The predicted octanol–water partition coefficient (Wildman–Crippen LogP) is 3.37. The molecule has 0 spiro atoms. The highest BCUT2D eigenvalue weighted by molar-refractivity contribution is 7.71. The molecule has 0 saturated carbocycles. The molecule has 0 radical (unpaired) electrons. The molecule has 2 N–H and O–H groups in total. The number of methoxy groups -OCH3 is 1. The Balaban J connectivity index is 1.56. The van der Waals surface area contributed by atoms with Gasteiger partial charge in [-0.05, 0) is 48.5 Å². The van der Waals surface area contributed by atoms with Crippen LogP contribution in [0, 0.1) is 4.77 Å². The standard InChI is InChI=1S/C20H22N4O2S/c1-26-17-9-7-16(8-10-17)19-22-23-20(27)24(19)14-12-18(25)21-13-11-15-5-3-2-4-6-15/h2-10H,11-14H2,1H3,(H,21,25)(H,23,27). The summed E-state index contributed by atoms with van der Waals surface area (Å²) in [6.45, 7) is 1.08. The number of nitrogens with one attached hydrogen (secondary N) is 2. The number of nitrogens with zero attached hydrogens (tertiary/aromatic N) is 2. The summed E-state index contributed by atoms with van der Waals surface area (Å²) in [6.07, 6.45) is 1.15. The maximum Gasteiger partial charge on any atom is 0.221 e. The lowest BCUT2D eigenvalue weighted by Crippen LogP contribution is -2.26. The molecule has 1 amide bonds.